The van der Waals surface area contributed by atoms with E-state index in [1.54, 1.807) is 24.3 Å². The van der Waals surface area contributed by atoms with Gasteiger partial charge in [0.15, 0.2) is 0 Å². The van der Waals surface area contributed by atoms with E-state index in [1.165, 1.54) is 18.5 Å². The fourth-order valence-corrected chi connectivity index (χ4v) is 2.09. The van der Waals surface area contributed by atoms with Crippen LogP contribution in [-0.4, -0.2) is 9.97 Å². The van der Waals surface area contributed by atoms with Crippen LogP contribution in [0.1, 0.15) is 5.56 Å². The first-order chi connectivity index (χ1) is 10.2. The van der Waals surface area contributed by atoms with Gasteiger partial charge >= 0.3 is 0 Å². The number of nitriles is 1. The van der Waals surface area contributed by atoms with Crippen molar-refractivity contribution in [1.29, 1.82) is 5.26 Å². The molecule has 6 heteroatoms. The molecule has 0 spiro atoms. The van der Waals surface area contributed by atoms with Gasteiger partial charge in [0.1, 0.15) is 6.07 Å². The first-order valence-electron chi connectivity index (χ1n) is 6.04. The lowest BCUT2D eigenvalue weighted by atomic mass is 10.1. The molecular weight excluding hydrogens is 291 g/mol. The fraction of sp³-hybridized carbons (Fsp3) is 0. The Morgan fingerprint density at radius 3 is 2.62 bits per heavy atom. The molecular formula is C15H8ClFN4. The Balaban J connectivity index is 2.17. The van der Waals surface area contributed by atoms with E-state index >= 15 is 0 Å². The van der Waals surface area contributed by atoms with Gasteiger partial charge in [-0.3, -0.25) is 4.98 Å². The molecule has 4 nitrogen and oxygen atoms in total. The van der Waals surface area contributed by atoms with Gasteiger partial charge in [0.2, 0.25) is 5.95 Å². The van der Waals surface area contributed by atoms with E-state index in [9.17, 15) is 9.65 Å². The molecule has 1 N–H and O–H groups in total. The maximum Gasteiger partial charge on any atom is 0.213 e. The summed E-state index contributed by atoms with van der Waals surface area (Å²) in [4.78, 5) is 7.66. The van der Waals surface area contributed by atoms with Crippen molar-refractivity contribution in [3.63, 3.8) is 0 Å². The predicted molar refractivity (Wildman–Crippen MR) is 78.9 cm³/mol. The molecule has 0 aliphatic carbocycles. The second-order valence-electron chi connectivity index (χ2n) is 4.31. The topological polar surface area (TPSA) is 61.6 Å². The zero-order valence-electron chi connectivity index (χ0n) is 10.6. The van der Waals surface area contributed by atoms with Gasteiger partial charge in [0, 0.05) is 28.4 Å². The third-order valence-corrected chi connectivity index (χ3v) is 3.21. The number of fused-ring (bicyclic) bond motifs is 1. The second-order valence-corrected chi connectivity index (χ2v) is 4.75. The highest BCUT2D eigenvalue weighted by molar-refractivity contribution is 6.30. The molecule has 0 aliphatic heterocycles. The Labute approximate surface area is 124 Å². The summed E-state index contributed by atoms with van der Waals surface area (Å²) in [6.45, 7) is 0. The Morgan fingerprint density at radius 1 is 1.14 bits per heavy atom. The molecule has 0 atom stereocenters. The SMILES string of the molecule is N#Cc1cnc2cnc(F)cc2c1Nc1ccc(Cl)cc1. The first kappa shape index (κ1) is 13.3. The van der Waals surface area contributed by atoms with Crippen LogP contribution in [0.5, 0.6) is 0 Å². The van der Waals surface area contributed by atoms with Crippen LogP contribution in [-0.2, 0) is 0 Å². The van der Waals surface area contributed by atoms with E-state index in [1.807, 2.05) is 6.07 Å². The average Bonchev–Trinajstić information content (AvgIpc) is 2.50. The smallest absolute Gasteiger partial charge is 0.213 e. The van der Waals surface area contributed by atoms with E-state index < -0.39 is 5.95 Å². The second kappa shape index (κ2) is 5.35. The number of hydrogen-bond acceptors (Lipinski definition) is 4. The highest BCUT2D eigenvalue weighted by Gasteiger charge is 2.10. The number of nitrogens with one attached hydrogen (secondary N) is 1. The van der Waals surface area contributed by atoms with Crippen molar-refractivity contribution in [2.24, 2.45) is 0 Å². The molecule has 3 aromatic rings. The lowest BCUT2D eigenvalue weighted by Gasteiger charge is -2.11. The molecule has 0 amide bonds. The molecule has 0 saturated carbocycles. The minimum absolute atomic E-state index is 0.322. The van der Waals surface area contributed by atoms with Crippen LogP contribution >= 0.6 is 11.6 Å². The molecule has 0 unspecified atom stereocenters. The molecule has 2 heterocycles. The molecule has 0 saturated heterocycles. The Hall–Kier alpha value is -2.71. The van der Waals surface area contributed by atoms with Crippen molar-refractivity contribution >= 4 is 33.9 Å². The Kier molecular flexibility index (Phi) is 3.38. The third kappa shape index (κ3) is 2.62. The number of aromatic nitrogens is 2. The number of nitrogens with zero attached hydrogens (tertiary/aromatic N) is 3. The van der Waals surface area contributed by atoms with Gasteiger partial charge in [-0.1, -0.05) is 11.6 Å². The van der Waals surface area contributed by atoms with Crippen LogP contribution in [0.2, 0.25) is 5.02 Å². The fourth-order valence-electron chi connectivity index (χ4n) is 1.97. The van der Waals surface area contributed by atoms with Crippen molar-refractivity contribution in [2.45, 2.75) is 0 Å². The average molecular weight is 299 g/mol. The molecule has 102 valence electrons. The normalized spacial score (nSPS) is 10.3. The highest BCUT2D eigenvalue weighted by atomic mass is 35.5. The van der Waals surface area contributed by atoms with Crippen LogP contribution in [0.25, 0.3) is 10.9 Å². The van der Waals surface area contributed by atoms with Crippen molar-refractivity contribution in [3.8, 4) is 6.07 Å². The predicted octanol–water partition coefficient (Wildman–Crippen LogP) is 4.04. The van der Waals surface area contributed by atoms with Crippen LogP contribution in [0, 0.1) is 17.3 Å². The summed E-state index contributed by atoms with van der Waals surface area (Å²) in [6, 6.07) is 10.3. The van der Waals surface area contributed by atoms with Crippen LogP contribution in [0.3, 0.4) is 0 Å². The standard InChI is InChI=1S/C15H8ClFN4/c16-10-1-3-11(4-2-10)21-15-9(6-18)7-19-13-8-20-14(17)5-12(13)15/h1-5,7-8H,(H,19,21). The van der Waals surface area contributed by atoms with Crippen LogP contribution in [0.15, 0.2) is 42.7 Å². The molecule has 3 rings (SSSR count). The van der Waals surface area contributed by atoms with Gasteiger partial charge in [-0.2, -0.15) is 9.65 Å². The number of halogens is 2. The van der Waals surface area contributed by atoms with E-state index in [0.29, 0.717) is 27.2 Å². The number of rotatable bonds is 2. The highest BCUT2D eigenvalue weighted by Crippen LogP contribution is 2.29. The zero-order chi connectivity index (χ0) is 14.8. The van der Waals surface area contributed by atoms with E-state index in [2.05, 4.69) is 15.3 Å². The van der Waals surface area contributed by atoms with E-state index in [4.69, 9.17) is 11.6 Å². The van der Waals surface area contributed by atoms with Gasteiger partial charge in [-0.05, 0) is 24.3 Å². The number of pyridine rings is 2. The Morgan fingerprint density at radius 2 is 1.90 bits per heavy atom. The molecule has 0 aliphatic rings. The maximum atomic E-state index is 13.4. The summed E-state index contributed by atoms with van der Waals surface area (Å²) in [5.41, 5.74) is 2.06. The number of benzene rings is 1. The summed E-state index contributed by atoms with van der Waals surface area (Å²) in [6.07, 6.45) is 2.76. The van der Waals surface area contributed by atoms with Crippen molar-refractivity contribution in [2.75, 3.05) is 5.32 Å². The van der Waals surface area contributed by atoms with Gasteiger partial charge in [-0.15, -0.1) is 0 Å². The lowest BCUT2D eigenvalue weighted by molar-refractivity contribution is 0.586. The summed E-state index contributed by atoms with van der Waals surface area (Å²) in [5, 5.41) is 13.4. The molecule has 0 radical (unpaired) electrons. The van der Waals surface area contributed by atoms with Crippen molar-refractivity contribution in [1.82, 2.24) is 9.97 Å². The Bertz CT molecular complexity index is 856. The molecule has 0 bridgehead atoms. The summed E-state index contributed by atoms with van der Waals surface area (Å²) < 4.78 is 13.4. The monoisotopic (exact) mass is 298 g/mol. The molecule has 0 fully saturated rings. The van der Waals surface area contributed by atoms with Crippen molar-refractivity contribution < 1.29 is 4.39 Å². The van der Waals surface area contributed by atoms with Crippen LogP contribution < -0.4 is 5.32 Å². The van der Waals surface area contributed by atoms with Crippen LogP contribution in [0.4, 0.5) is 15.8 Å². The summed E-state index contributed by atoms with van der Waals surface area (Å²) in [5.74, 6) is -0.626. The van der Waals surface area contributed by atoms with Gasteiger partial charge in [0.25, 0.3) is 0 Å². The largest absolute Gasteiger partial charge is 0.354 e. The molecule has 2 aromatic heterocycles. The quantitative estimate of drug-likeness (QED) is 0.725. The summed E-state index contributed by atoms with van der Waals surface area (Å²) >= 11 is 5.84. The maximum absolute atomic E-state index is 13.4. The number of hydrogen-bond donors (Lipinski definition) is 1. The minimum atomic E-state index is -0.626. The van der Waals surface area contributed by atoms with Crippen molar-refractivity contribution in [3.05, 3.63) is 59.3 Å². The first-order valence-corrected chi connectivity index (χ1v) is 6.42. The van der Waals surface area contributed by atoms with Gasteiger partial charge < -0.3 is 5.32 Å². The third-order valence-electron chi connectivity index (χ3n) is 2.95. The van der Waals surface area contributed by atoms with E-state index in [-0.39, 0.29) is 0 Å². The molecule has 1 aromatic carbocycles. The summed E-state index contributed by atoms with van der Waals surface area (Å²) in [7, 11) is 0. The van der Waals surface area contributed by atoms with Gasteiger partial charge in [-0.25, -0.2) is 4.98 Å². The molecule has 21 heavy (non-hydrogen) atoms. The van der Waals surface area contributed by atoms with E-state index in [0.717, 1.165) is 5.69 Å². The number of anilines is 2. The lowest BCUT2D eigenvalue weighted by Crippen LogP contribution is -1.98. The zero-order valence-corrected chi connectivity index (χ0v) is 11.4. The van der Waals surface area contributed by atoms with Gasteiger partial charge in [0.05, 0.1) is 23.0 Å². The minimum Gasteiger partial charge on any atom is -0.354 e.